The highest BCUT2D eigenvalue weighted by molar-refractivity contribution is 5.79. The van der Waals surface area contributed by atoms with Gasteiger partial charge in [-0.3, -0.25) is 4.79 Å². The fourth-order valence-corrected chi connectivity index (χ4v) is 1.67. The van der Waals surface area contributed by atoms with Crippen LogP contribution in [0.1, 0.15) is 12.8 Å². The van der Waals surface area contributed by atoms with Gasteiger partial charge in [-0.2, -0.15) is 0 Å². The number of primary amides is 1. The number of hydrogen-bond donors (Lipinski definition) is 1. The number of amides is 3. The third-order valence-electron chi connectivity index (χ3n) is 2.48. The van der Waals surface area contributed by atoms with Gasteiger partial charge in [-0.05, 0) is 12.8 Å². The zero-order chi connectivity index (χ0) is 10.7. The molecule has 2 N–H and O–H groups in total. The second-order valence-corrected chi connectivity index (χ2v) is 3.86. The molecule has 1 saturated heterocycles. The van der Waals surface area contributed by atoms with Crippen LogP contribution in [0.25, 0.3) is 0 Å². The SMILES string of the molecule is CN(C)C(=O)N1CCCC(C(N)=O)C1. The van der Waals surface area contributed by atoms with Crippen LogP contribution in [-0.4, -0.2) is 48.9 Å². The number of carbonyl (C=O) groups excluding carboxylic acids is 2. The maximum atomic E-state index is 11.6. The Labute approximate surface area is 83.8 Å². The molecule has 0 radical (unpaired) electrons. The highest BCUT2D eigenvalue weighted by Crippen LogP contribution is 2.16. The summed E-state index contributed by atoms with van der Waals surface area (Å²) in [6.07, 6.45) is 1.65. The van der Waals surface area contributed by atoms with E-state index < -0.39 is 0 Å². The van der Waals surface area contributed by atoms with Gasteiger partial charge in [0.2, 0.25) is 5.91 Å². The van der Waals surface area contributed by atoms with Gasteiger partial charge in [0.15, 0.2) is 0 Å². The van der Waals surface area contributed by atoms with E-state index in [4.69, 9.17) is 5.73 Å². The lowest BCUT2D eigenvalue weighted by Crippen LogP contribution is -2.47. The molecule has 5 heteroatoms. The summed E-state index contributed by atoms with van der Waals surface area (Å²) < 4.78 is 0. The van der Waals surface area contributed by atoms with Crippen LogP contribution in [0.3, 0.4) is 0 Å². The maximum absolute atomic E-state index is 11.6. The molecule has 0 aromatic rings. The predicted octanol–water partition coefficient (Wildman–Crippen LogP) is -0.135. The van der Waals surface area contributed by atoms with E-state index in [2.05, 4.69) is 0 Å². The zero-order valence-corrected chi connectivity index (χ0v) is 8.69. The van der Waals surface area contributed by atoms with Crippen molar-refractivity contribution in [2.75, 3.05) is 27.2 Å². The molecule has 0 aliphatic carbocycles. The average molecular weight is 199 g/mol. The summed E-state index contributed by atoms with van der Waals surface area (Å²) in [4.78, 5) is 25.7. The van der Waals surface area contributed by atoms with Crippen molar-refractivity contribution in [3.8, 4) is 0 Å². The topological polar surface area (TPSA) is 66.6 Å². The molecular weight excluding hydrogens is 182 g/mol. The molecule has 0 saturated carbocycles. The van der Waals surface area contributed by atoms with Crippen LogP contribution < -0.4 is 5.73 Å². The molecule has 0 aromatic heterocycles. The predicted molar refractivity (Wildman–Crippen MR) is 52.6 cm³/mol. The van der Waals surface area contributed by atoms with Gasteiger partial charge in [-0.1, -0.05) is 0 Å². The molecule has 0 spiro atoms. The van der Waals surface area contributed by atoms with E-state index in [-0.39, 0.29) is 17.9 Å². The van der Waals surface area contributed by atoms with Crippen LogP contribution in [0.15, 0.2) is 0 Å². The Morgan fingerprint density at radius 2 is 2.07 bits per heavy atom. The molecule has 1 rings (SSSR count). The minimum atomic E-state index is -0.304. The highest BCUT2D eigenvalue weighted by atomic mass is 16.2. The van der Waals surface area contributed by atoms with Crippen molar-refractivity contribution in [2.24, 2.45) is 11.7 Å². The molecule has 0 aromatic carbocycles. The fraction of sp³-hybridized carbons (Fsp3) is 0.778. The Morgan fingerprint density at radius 3 is 2.57 bits per heavy atom. The first-order valence-electron chi connectivity index (χ1n) is 4.78. The van der Waals surface area contributed by atoms with Crippen molar-refractivity contribution >= 4 is 11.9 Å². The number of hydrogen-bond acceptors (Lipinski definition) is 2. The van der Waals surface area contributed by atoms with Crippen LogP contribution in [0.2, 0.25) is 0 Å². The Balaban J connectivity index is 2.56. The molecule has 80 valence electrons. The van der Waals surface area contributed by atoms with Gasteiger partial charge in [-0.15, -0.1) is 0 Å². The molecule has 1 aliphatic heterocycles. The molecule has 1 fully saturated rings. The van der Waals surface area contributed by atoms with Gasteiger partial charge >= 0.3 is 6.03 Å². The average Bonchev–Trinajstić information content (AvgIpc) is 2.16. The Hall–Kier alpha value is -1.26. The van der Waals surface area contributed by atoms with Gasteiger partial charge in [0.25, 0.3) is 0 Å². The second kappa shape index (κ2) is 4.30. The number of carbonyl (C=O) groups is 2. The van der Waals surface area contributed by atoms with Crippen LogP contribution in [0.4, 0.5) is 4.79 Å². The first kappa shape index (κ1) is 10.8. The molecule has 5 nitrogen and oxygen atoms in total. The van der Waals surface area contributed by atoms with Crippen LogP contribution in [-0.2, 0) is 4.79 Å². The van der Waals surface area contributed by atoms with Crippen molar-refractivity contribution in [1.82, 2.24) is 9.80 Å². The molecule has 1 atom stereocenters. The summed E-state index contributed by atoms with van der Waals surface area (Å²) in [6.45, 7) is 1.19. The molecule has 0 bridgehead atoms. The van der Waals surface area contributed by atoms with Crippen molar-refractivity contribution < 1.29 is 9.59 Å². The number of piperidine rings is 1. The van der Waals surface area contributed by atoms with E-state index in [1.807, 2.05) is 0 Å². The molecule has 14 heavy (non-hydrogen) atoms. The molecule has 3 amide bonds. The summed E-state index contributed by atoms with van der Waals surface area (Å²) in [5.74, 6) is -0.478. The van der Waals surface area contributed by atoms with Crippen LogP contribution >= 0.6 is 0 Å². The lowest BCUT2D eigenvalue weighted by atomic mass is 9.98. The third-order valence-corrected chi connectivity index (χ3v) is 2.48. The van der Waals surface area contributed by atoms with Crippen molar-refractivity contribution in [3.63, 3.8) is 0 Å². The number of likely N-dealkylation sites (tertiary alicyclic amines) is 1. The zero-order valence-electron chi connectivity index (χ0n) is 8.69. The van der Waals surface area contributed by atoms with Gasteiger partial charge in [0.05, 0.1) is 5.92 Å². The third kappa shape index (κ3) is 2.37. The number of nitrogens with two attached hydrogens (primary N) is 1. The first-order chi connectivity index (χ1) is 6.52. The Morgan fingerprint density at radius 1 is 1.43 bits per heavy atom. The summed E-state index contributed by atoms with van der Waals surface area (Å²) in [5.41, 5.74) is 5.22. The van der Waals surface area contributed by atoms with Gasteiger partial charge < -0.3 is 15.5 Å². The fourth-order valence-electron chi connectivity index (χ4n) is 1.67. The van der Waals surface area contributed by atoms with E-state index in [9.17, 15) is 9.59 Å². The van der Waals surface area contributed by atoms with Crippen LogP contribution in [0.5, 0.6) is 0 Å². The highest BCUT2D eigenvalue weighted by Gasteiger charge is 2.27. The van der Waals surface area contributed by atoms with E-state index in [1.54, 1.807) is 19.0 Å². The first-order valence-corrected chi connectivity index (χ1v) is 4.78. The number of rotatable bonds is 1. The molecular formula is C9H17N3O2. The van der Waals surface area contributed by atoms with E-state index in [1.165, 1.54) is 4.90 Å². The lowest BCUT2D eigenvalue weighted by molar-refractivity contribution is -0.123. The Kier molecular flexibility index (Phi) is 3.33. The standard InChI is InChI=1S/C9H17N3O2/c1-11(2)9(14)12-5-3-4-7(6-12)8(10)13/h7H,3-6H2,1-2H3,(H2,10,13). The minimum Gasteiger partial charge on any atom is -0.369 e. The lowest BCUT2D eigenvalue weighted by Gasteiger charge is -2.32. The van der Waals surface area contributed by atoms with E-state index in [0.717, 1.165) is 19.4 Å². The summed E-state index contributed by atoms with van der Waals surface area (Å²) in [5, 5.41) is 0. The van der Waals surface area contributed by atoms with Gasteiger partial charge in [0.1, 0.15) is 0 Å². The van der Waals surface area contributed by atoms with Crippen molar-refractivity contribution in [1.29, 1.82) is 0 Å². The van der Waals surface area contributed by atoms with Gasteiger partial charge in [-0.25, -0.2) is 4.79 Å². The molecule has 1 unspecified atom stereocenters. The Bertz CT molecular complexity index is 240. The largest absolute Gasteiger partial charge is 0.369 e. The monoisotopic (exact) mass is 199 g/mol. The number of nitrogens with zero attached hydrogens (tertiary/aromatic N) is 2. The minimum absolute atomic E-state index is 0.0454. The summed E-state index contributed by atoms with van der Waals surface area (Å²) in [6, 6.07) is -0.0454. The molecule has 1 heterocycles. The smallest absolute Gasteiger partial charge is 0.319 e. The van der Waals surface area contributed by atoms with Gasteiger partial charge in [0, 0.05) is 27.2 Å². The second-order valence-electron chi connectivity index (χ2n) is 3.86. The number of urea groups is 1. The van der Waals surface area contributed by atoms with Crippen molar-refractivity contribution in [3.05, 3.63) is 0 Å². The van der Waals surface area contributed by atoms with Crippen LogP contribution in [0, 0.1) is 5.92 Å². The van der Waals surface area contributed by atoms with E-state index >= 15 is 0 Å². The normalized spacial score (nSPS) is 21.9. The quantitative estimate of drug-likeness (QED) is 0.639. The maximum Gasteiger partial charge on any atom is 0.319 e. The van der Waals surface area contributed by atoms with E-state index in [0.29, 0.717) is 6.54 Å². The van der Waals surface area contributed by atoms with Crippen molar-refractivity contribution in [2.45, 2.75) is 12.8 Å². The summed E-state index contributed by atoms with van der Waals surface area (Å²) >= 11 is 0. The molecule has 1 aliphatic rings. The summed E-state index contributed by atoms with van der Waals surface area (Å²) in [7, 11) is 3.41.